The molecule has 2 aromatic rings. The van der Waals surface area contributed by atoms with Crippen LogP contribution in [0.4, 0.5) is 4.39 Å². The third-order valence-corrected chi connectivity index (χ3v) is 4.50. The summed E-state index contributed by atoms with van der Waals surface area (Å²) in [4.78, 5) is 12.7. The maximum Gasteiger partial charge on any atom is 0.224 e. The van der Waals surface area contributed by atoms with Gasteiger partial charge in [-0.2, -0.15) is 11.3 Å². The number of thiophene rings is 1. The van der Waals surface area contributed by atoms with E-state index in [1.165, 1.54) is 12.1 Å². The van der Waals surface area contributed by atoms with Crippen LogP contribution in [0.25, 0.3) is 0 Å². The predicted molar refractivity (Wildman–Crippen MR) is 82.8 cm³/mol. The highest BCUT2D eigenvalue weighted by Crippen LogP contribution is 2.18. The van der Waals surface area contributed by atoms with Crippen molar-refractivity contribution in [3.8, 4) is 0 Å². The van der Waals surface area contributed by atoms with Crippen LogP contribution in [0.2, 0.25) is 0 Å². The average Bonchev–Trinajstić information content (AvgIpc) is 2.93. The van der Waals surface area contributed by atoms with Gasteiger partial charge in [0.15, 0.2) is 0 Å². The Morgan fingerprint density at radius 3 is 2.75 bits per heavy atom. The SMILES string of the molecule is O=C(Cc1ccsc1)NCCCSc1ccc(F)cc1. The van der Waals surface area contributed by atoms with Gasteiger partial charge >= 0.3 is 0 Å². The van der Waals surface area contributed by atoms with Gasteiger partial charge in [0.1, 0.15) is 5.82 Å². The van der Waals surface area contributed by atoms with Crippen molar-refractivity contribution in [3.63, 3.8) is 0 Å². The van der Waals surface area contributed by atoms with E-state index in [4.69, 9.17) is 0 Å². The van der Waals surface area contributed by atoms with E-state index in [0.717, 1.165) is 22.6 Å². The second kappa shape index (κ2) is 8.07. The molecule has 0 unspecified atom stereocenters. The molecule has 0 aliphatic heterocycles. The fraction of sp³-hybridized carbons (Fsp3) is 0.267. The van der Waals surface area contributed by atoms with Crippen molar-refractivity contribution in [1.82, 2.24) is 5.32 Å². The topological polar surface area (TPSA) is 29.1 Å². The first-order valence-electron chi connectivity index (χ1n) is 6.40. The number of benzene rings is 1. The fourth-order valence-electron chi connectivity index (χ4n) is 1.66. The lowest BCUT2D eigenvalue weighted by atomic mass is 10.2. The zero-order valence-electron chi connectivity index (χ0n) is 11.0. The van der Waals surface area contributed by atoms with E-state index < -0.39 is 0 Å². The number of nitrogens with one attached hydrogen (secondary N) is 1. The predicted octanol–water partition coefficient (Wildman–Crippen LogP) is 3.73. The summed E-state index contributed by atoms with van der Waals surface area (Å²) in [6.45, 7) is 0.678. The summed E-state index contributed by atoms with van der Waals surface area (Å²) in [6.07, 6.45) is 1.35. The first-order valence-corrected chi connectivity index (χ1v) is 8.33. The summed E-state index contributed by atoms with van der Waals surface area (Å²) < 4.78 is 12.7. The van der Waals surface area contributed by atoms with Crippen LogP contribution < -0.4 is 5.32 Å². The zero-order chi connectivity index (χ0) is 14.2. The van der Waals surface area contributed by atoms with Crippen LogP contribution in [0.5, 0.6) is 0 Å². The normalized spacial score (nSPS) is 10.4. The molecular weight excluding hydrogens is 293 g/mol. The minimum absolute atomic E-state index is 0.0650. The van der Waals surface area contributed by atoms with E-state index in [2.05, 4.69) is 5.32 Å². The lowest BCUT2D eigenvalue weighted by Gasteiger charge is -2.04. The Morgan fingerprint density at radius 1 is 1.25 bits per heavy atom. The lowest BCUT2D eigenvalue weighted by molar-refractivity contribution is -0.120. The van der Waals surface area contributed by atoms with E-state index in [1.54, 1.807) is 35.2 Å². The van der Waals surface area contributed by atoms with Crippen molar-refractivity contribution in [2.24, 2.45) is 0 Å². The Hall–Kier alpha value is -1.33. The number of hydrogen-bond donors (Lipinski definition) is 1. The Bertz CT molecular complexity index is 525. The van der Waals surface area contributed by atoms with Crippen LogP contribution in [0.15, 0.2) is 46.0 Å². The molecular formula is C15H16FNOS2. The van der Waals surface area contributed by atoms with Crippen molar-refractivity contribution in [1.29, 1.82) is 0 Å². The van der Waals surface area contributed by atoms with Gasteiger partial charge in [0.25, 0.3) is 0 Å². The Kier molecular flexibility index (Phi) is 6.08. The molecule has 20 heavy (non-hydrogen) atoms. The van der Waals surface area contributed by atoms with E-state index in [0.29, 0.717) is 13.0 Å². The van der Waals surface area contributed by atoms with Crippen molar-refractivity contribution >= 4 is 29.0 Å². The van der Waals surface area contributed by atoms with Gasteiger partial charge in [0.2, 0.25) is 5.91 Å². The zero-order valence-corrected chi connectivity index (χ0v) is 12.6. The minimum atomic E-state index is -0.213. The molecule has 1 aromatic carbocycles. The van der Waals surface area contributed by atoms with Crippen molar-refractivity contribution in [2.45, 2.75) is 17.7 Å². The summed E-state index contributed by atoms with van der Waals surface area (Å²) in [7, 11) is 0. The van der Waals surface area contributed by atoms with Gasteiger partial charge in [-0.15, -0.1) is 11.8 Å². The Balaban J connectivity index is 1.57. The maximum atomic E-state index is 12.7. The summed E-state index contributed by atoms with van der Waals surface area (Å²) in [5, 5.41) is 6.87. The molecule has 0 aliphatic rings. The summed E-state index contributed by atoms with van der Waals surface area (Å²) in [5.41, 5.74) is 1.06. The molecule has 106 valence electrons. The fourth-order valence-corrected chi connectivity index (χ4v) is 3.18. The molecule has 0 atom stereocenters. The molecule has 5 heteroatoms. The van der Waals surface area contributed by atoms with E-state index >= 15 is 0 Å². The smallest absolute Gasteiger partial charge is 0.224 e. The second-order valence-electron chi connectivity index (χ2n) is 4.31. The minimum Gasteiger partial charge on any atom is -0.356 e. The third kappa shape index (κ3) is 5.35. The van der Waals surface area contributed by atoms with Gasteiger partial charge in [0, 0.05) is 11.4 Å². The van der Waals surface area contributed by atoms with Gasteiger partial charge in [0.05, 0.1) is 6.42 Å². The molecule has 2 nitrogen and oxygen atoms in total. The highest BCUT2D eigenvalue weighted by molar-refractivity contribution is 7.99. The molecule has 0 aliphatic carbocycles. The number of rotatable bonds is 7. The van der Waals surface area contributed by atoms with Crippen molar-refractivity contribution < 1.29 is 9.18 Å². The quantitative estimate of drug-likeness (QED) is 0.624. The largest absolute Gasteiger partial charge is 0.356 e. The van der Waals surface area contributed by atoms with Crippen LogP contribution in [0, 0.1) is 5.82 Å². The number of halogens is 1. The first-order chi connectivity index (χ1) is 9.74. The van der Waals surface area contributed by atoms with Gasteiger partial charge in [-0.05, 0) is 58.8 Å². The van der Waals surface area contributed by atoms with E-state index in [9.17, 15) is 9.18 Å². The van der Waals surface area contributed by atoms with Crippen molar-refractivity contribution in [3.05, 3.63) is 52.5 Å². The number of thioether (sulfide) groups is 1. The molecule has 1 heterocycles. The Labute approximate surface area is 126 Å². The molecule has 0 fully saturated rings. The molecule has 0 spiro atoms. The molecule has 1 aromatic heterocycles. The average molecular weight is 309 g/mol. The molecule has 0 saturated heterocycles. The van der Waals surface area contributed by atoms with Crippen LogP contribution in [0.3, 0.4) is 0 Å². The summed E-state index contributed by atoms with van der Waals surface area (Å²) in [6, 6.07) is 8.44. The molecule has 1 amide bonds. The molecule has 0 radical (unpaired) electrons. The number of carbonyl (C=O) groups is 1. The monoisotopic (exact) mass is 309 g/mol. The van der Waals surface area contributed by atoms with Crippen LogP contribution >= 0.6 is 23.1 Å². The Morgan fingerprint density at radius 2 is 2.05 bits per heavy atom. The summed E-state index contributed by atoms with van der Waals surface area (Å²) >= 11 is 3.27. The third-order valence-electron chi connectivity index (χ3n) is 2.67. The van der Waals surface area contributed by atoms with E-state index in [1.807, 2.05) is 16.8 Å². The lowest BCUT2D eigenvalue weighted by Crippen LogP contribution is -2.26. The molecule has 1 N–H and O–H groups in total. The van der Waals surface area contributed by atoms with Crippen LogP contribution in [-0.4, -0.2) is 18.2 Å². The van der Waals surface area contributed by atoms with Crippen molar-refractivity contribution in [2.75, 3.05) is 12.3 Å². The second-order valence-corrected chi connectivity index (χ2v) is 6.26. The number of amides is 1. The van der Waals surface area contributed by atoms with Crippen LogP contribution in [0.1, 0.15) is 12.0 Å². The highest BCUT2D eigenvalue weighted by atomic mass is 32.2. The molecule has 2 rings (SSSR count). The molecule has 0 saturated carbocycles. The van der Waals surface area contributed by atoms with Crippen LogP contribution in [-0.2, 0) is 11.2 Å². The van der Waals surface area contributed by atoms with Gasteiger partial charge in [-0.1, -0.05) is 0 Å². The van der Waals surface area contributed by atoms with E-state index in [-0.39, 0.29) is 11.7 Å². The first kappa shape index (κ1) is 15.1. The summed E-state index contributed by atoms with van der Waals surface area (Å²) in [5.74, 6) is 0.759. The number of carbonyl (C=O) groups excluding carboxylic acids is 1. The highest BCUT2D eigenvalue weighted by Gasteiger charge is 2.02. The number of hydrogen-bond acceptors (Lipinski definition) is 3. The molecule has 0 bridgehead atoms. The standard InChI is InChI=1S/C15H16FNOS2/c16-13-2-4-14(5-3-13)20-8-1-7-17-15(18)10-12-6-9-19-11-12/h2-6,9,11H,1,7-8,10H2,(H,17,18). The van der Waals surface area contributed by atoms with Gasteiger partial charge in [-0.3, -0.25) is 4.79 Å². The maximum absolute atomic E-state index is 12.7. The van der Waals surface area contributed by atoms with Gasteiger partial charge in [-0.25, -0.2) is 4.39 Å². The van der Waals surface area contributed by atoms with Gasteiger partial charge < -0.3 is 5.32 Å².